The number of aromatic nitrogens is 1. The van der Waals surface area contributed by atoms with E-state index in [1.165, 1.54) is 19.1 Å². The monoisotopic (exact) mass is 264 g/mol. The first kappa shape index (κ1) is 13.1. The van der Waals surface area contributed by atoms with Crippen LogP contribution in [0.5, 0.6) is 0 Å². The van der Waals surface area contributed by atoms with E-state index >= 15 is 0 Å². The van der Waals surface area contributed by atoms with Crippen LogP contribution in [0.4, 0.5) is 4.39 Å². The predicted octanol–water partition coefficient (Wildman–Crippen LogP) is 1.37. The van der Waals surface area contributed by atoms with E-state index in [2.05, 4.69) is 5.32 Å². The van der Waals surface area contributed by atoms with E-state index in [1.807, 2.05) is 0 Å². The number of carbonyl (C=O) groups is 2. The first-order valence-corrected chi connectivity index (χ1v) is 5.74. The highest BCUT2D eigenvalue weighted by Gasteiger charge is 2.14. The van der Waals surface area contributed by atoms with Gasteiger partial charge in [0.15, 0.2) is 0 Å². The van der Waals surface area contributed by atoms with Crippen LogP contribution in [0.15, 0.2) is 30.5 Å². The molecule has 0 fully saturated rings. The van der Waals surface area contributed by atoms with Crippen LogP contribution >= 0.6 is 0 Å². The third-order valence-electron chi connectivity index (χ3n) is 2.80. The van der Waals surface area contributed by atoms with Gasteiger partial charge < -0.3 is 15.0 Å². The summed E-state index contributed by atoms with van der Waals surface area (Å²) < 4.78 is 14.7. The number of nitrogens with zero attached hydrogens (tertiary/aromatic N) is 1. The van der Waals surface area contributed by atoms with Gasteiger partial charge in [-0.05, 0) is 36.6 Å². The fourth-order valence-corrected chi connectivity index (χ4v) is 1.80. The standard InChI is InChI=1S/C13H13FN2O3/c1-8(13(18)19)15-12(17)7-16-5-4-9-2-3-10(14)6-11(9)16/h2-6,8H,7H2,1H3,(H,15,17)(H,18,19)/t8-/m0/s1. The van der Waals surface area contributed by atoms with Crippen LogP contribution in [0.3, 0.4) is 0 Å². The molecule has 0 radical (unpaired) electrons. The minimum Gasteiger partial charge on any atom is -0.480 e. The molecule has 0 aliphatic carbocycles. The second-order valence-electron chi connectivity index (χ2n) is 4.27. The molecule has 6 heteroatoms. The van der Waals surface area contributed by atoms with Gasteiger partial charge in [-0.15, -0.1) is 0 Å². The van der Waals surface area contributed by atoms with Gasteiger partial charge in [0, 0.05) is 6.20 Å². The number of benzene rings is 1. The Hall–Kier alpha value is -2.37. The largest absolute Gasteiger partial charge is 0.480 e. The van der Waals surface area contributed by atoms with Crippen LogP contribution in [0.2, 0.25) is 0 Å². The number of halogens is 1. The summed E-state index contributed by atoms with van der Waals surface area (Å²) in [7, 11) is 0. The van der Waals surface area contributed by atoms with Gasteiger partial charge in [0.2, 0.25) is 5.91 Å². The van der Waals surface area contributed by atoms with Crippen molar-refractivity contribution < 1.29 is 19.1 Å². The summed E-state index contributed by atoms with van der Waals surface area (Å²) in [5.41, 5.74) is 0.595. The van der Waals surface area contributed by atoms with E-state index in [4.69, 9.17) is 5.11 Å². The third kappa shape index (κ3) is 2.90. The molecule has 0 saturated heterocycles. The Morgan fingerprint density at radius 3 is 2.84 bits per heavy atom. The summed E-state index contributed by atoms with van der Waals surface area (Å²) in [6, 6.07) is 5.12. The predicted molar refractivity (Wildman–Crippen MR) is 67.1 cm³/mol. The zero-order valence-electron chi connectivity index (χ0n) is 10.3. The first-order chi connectivity index (χ1) is 8.97. The molecule has 1 aromatic carbocycles. The lowest BCUT2D eigenvalue weighted by Gasteiger charge is -2.10. The maximum atomic E-state index is 13.2. The van der Waals surface area contributed by atoms with Gasteiger partial charge in [0.25, 0.3) is 0 Å². The molecule has 2 N–H and O–H groups in total. The lowest BCUT2D eigenvalue weighted by molar-refractivity contribution is -0.141. The van der Waals surface area contributed by atoms with Crippen molar-refractivity contribution in [2.45, 2.75) is 19.5 Å². The molecule has 0 aliphatic heterocycles. The van der Waals surface area contributed by atoms with Crippen LogP contribution < -0.4 is 5.32 Å². The number of carboxylic acid groups (broad SMARTS) is 1. The van der Waals surface area contributed by atoms with Gasteiger partial charge in [0.1, 0.15) is 18.4 Å². The Balaban J connectivity index is 2.15. The Bertz CT molecular complexity index is 636. The minimum atomic E-state index is -1.10. The zero-order chi connectivity index (χ0) is 14.0. The lowest BCUT2D eigenvalue weighted by atomic mass is 10.2. The second kappa shape index (κ2) is 5.09. The SMILES string of the molecule is C[C@H](NC(=O)Cn1ccc2ccc(F)cc21)C(=O)O. The smallest absolute Gasteiger partial charge is 0.325 e. The van der Waals surface area contributed by atoms with Crippen LogP contribution in [-0.2, 0) is 16.1 Å². The van der Waals surface area contributed by atoms with Gasteiger partial charge in [0.05, 0.1) is 5.52 Å². The number of nitrogens with one attached hydrogen (secondary N) is 1. The molecule has 0 unspecified atom stereocenters. The summed E-state index contributed by atoms with van der Waals surface area (Å²) in [6.07, 6.45) is 1.66. The maximum Gasteiger partial charge on any atom is 0.325 e. The van der Waals surface area contributed by atoms with Crippen LogP contribution in [0.1, 0.15) is 6.92 Å². The van der Waals surface area contributed by atoms with Crippen LogP contribution in [0, 0.1) is 5.82 Å². The molecule has 5 nitrogen and oxygen atoms in total. The van der Waals surface area contributed by atoms with E-state index in [9.17, 15) is 14.0 Å². The average Bonchev–Trinajstić information content (AvgIpc) is 2.71. The van der Waals surface area contributed by atoms with Crippen molar-refractivity contribution >= 4 is 22.8 Å². The van der Waals surface area contributed by atoms with E-state index in [0.717, 1.165) is 5.39 Å². The lowest BCUT2D eigenvalue weighted by Crippen LogP contribution is -2.39. The highest BCUT2D eigenvalue weighted by molar-refractivity contribution is 5.85. The zero-order valence-corrected chi connectivity index (χ0v) is 10.3. The van der Waals surface area contributed by atoms with E-state index in [0.29, 0.717) is 5.52 Å². The molecule has 1 atom stereocenters. The summed E-state index contributed by atoms with van der Waals surface area (Å²) >= 11 is 0. The van der Waals surface area contributed by atoms with Crippen molar-refractivity contribution in [3.8, 4) is 0 Å². The van der Waals surface area contributed by atoms with Gasteiger partial charge in [-0.25, -0.2) is 4.39 Å². The molecule has 1 aromatic heterocycles. The highest BCUT2D eigenvalue weighted by atomic mass is 19.1. The Labute approximate surface area is 108 Å². The molecule has 0 saturated carbocycles. The normalized spacial score (nSPS) is 12.3. The van der Waals surface area contributed by atoms with Crippen molar-refractivity contribution in [1.82, 2.24) is 9.88 Å². The molecule has 100 valence electrons. The molecule has 1 heterocycles. The second-order valence-corrected chi connectivity index (χ2v) is 4.27. The van der Waals surface area contributed by atoms with Crippen molar-refractivity contribution in [2.24, 2.45) is 0 Å². The number of amides is 1. The third-order valence-corrected chi connectivity index (χ3v) is 2.80. The van der Waals surface area contributed by atoms with Crippen LogP contribution in [-0.4, -0.2) is 27.6 Å². The summed E-state index contributed by atoms with van der Waals surface area (Å²) in [5, 5.41) is 11.9. The van der Waals surface area contributed by atoms with Crippen molar-refractivity contribution in [1.29, 1.82) is 0 Å². The van der Waals surface area contributed by atoms with Crippen molar-refractivity contribution in [3.63, 3.8) is 0 Å². The molecular weight excluding hydrogens is 251 g/mol. The summed E-state index contributed by atoms with van der Waals surface area (Å²) in [5.74, 6) is -1.92. The molecule has 0 aliphatic rings. The van der Waals surface area contributed by atoms with Gasteiger partial charge in [-0.1, -0.05) is 0 Å². The van der Waals surface area contributed by atoms with Gasteiger partial charge >= 0.3 is 5.97 Å². The fourth-order valence-electron chi connectivity index (χ4n) is 1.80. The van der Waals surface area contributed by atoms with E-state index in [-0.39, 0.29) is 12.4 Å². The van der Waals surface area contributed by atoms with Crippen LogP contribution in [0.25, 0.3) is 10.9 Å². The highest BCUT2D eigenvalue weighted by Crippen LogP contribution is 2.16. The Morgan fingerprint density at radius 1 is 1.42 bits per heavy atom. The molecule has 2 aromatic rings. The average molecular weight is 264 g/mol. The minimum absolute atomic E-state index is 0.0510. The molecule has 19 heavy (non-hydrogen) atoms. The number of aliphatic carboxylic acids is 1. The molecule has 2 rings (SSSR count). The quantitative estimate of drug-likeness (QED) is 0.876. The molecule has 0 spiro atoms. The van der Waals surface area contributed by atoms with Crippen molar-refractivity contribution in [2.75, 3.05) is 0 Å². The Kier molecular flexibility index (Phi) is 3.50. The summed E-state index contributed by atoms with van der Waals surface area (Å²) in [4.78, 5) is 22.3. The first-order valence-electron chi connectivity index (χ1n) is 5.74. The van der Waals surface area contributed by atoms with E-state index < -0.39 is 17.9 Å². The number of rotatable bonds is 4. The number of hydrogen-bond acceptors (Lipinski definition) is 2. The molecule has 1 amide bonds. The fraction of sp³-hybridized carbons (Fsp3) is 0.231. The van der Waals surface area contributed by atoms with E-state index in [1.54, 1.807) is 22.9 Å². The maximum absolute atomic E-state index is 13.2. The number of carboxylic acids is 1. The molecule has 0 bridgehead atoms. The number of carbonyl (C=O) groups excluding carboxylic acids is 1. The number of fused-ring (bicyclic) bond motifs is 1. The summed E-state index contributed by atoms with van der Waals surface area (Å²) in [6.45, 7) is 1.33. The van der Waals surface area contributed by atoms with Crippen molar-refractivity contribution in [3.05, 3.63) is 36.3 Å². The number of hydrogen-bond donors (Lipinski definition) is 2. The van der Waals surface area contributed by atoms with Gasteiger partial charge in [-0.2, -0.15) is 0 Å². The molecular formula is C13H13FN2O3. The Morgan fingerprint density at radius 2 is 2.16 bits per heavy atom. The van der Waals surface area contributed by atoms with Gasteiger partial charge in [-0.3, -0.25) is 9.59 Å². The topological polar surface area (TPSA) is 71.3 Å².